The number of nitrogens with one attached hydrogen (secondary N) is 1. The van der Waals surface area contributed by atoms with Crippen molar-refractivity contribution in [2.75, 3.05) is 13.2 Å². The molecule has 0 aliphatic carbocycles. The van der Waals surface area contributed by atoms with Crippen molar-refractivity contribution >= 4 is 27.8 Å². The lowest BCUT2D eigenvalue weighted by Crippen LogP contribution is -2.35. The second kappa shape index (κ2) is 8.37. The summed E-state index contributed by atoms with van der Waals surface area (Å²) in [7, 11) is 0. The number of aliphatic hydroxyl groups is 2. The normalized spacial score (nSPS) is 12.4. The van der Waals surface area contributed by atoms with Gasteiger partial charge in [-0.3, -0.25) is 4.79 Å². The topological polar surface area (TPSA) is 113 Å². The molecule has 1 atom stereocenters. The Bertz CT molecular complexity index is 1320. The van der Waals surface area contributed by atoms with Crippen LogP contribution >= 0.6 is 0 Å². The Hall–Kier alpha value is -3.42. The fraction of sp³-hybridized carbons (Fsp3) is 0.250. The molecule has 4 rings (SSSR count). The van der Waals surface area contributed by atoms with Gasteiger partial charge in [-0.2, -0.15) is 0 Å². The van der Waals surface area contributed by atoms with Gasteiger partial charge in [-0.1, -0.05) is 30.3 Å². The zero-order chi connectivity index (χ0) is 22.1. The van der Waals surface area contributed by atoms with Gasteiger partial charge in [0.25, 0.3) is 0 Å². The molecule has 4 aromatic rings. The van der Waals surface area contributed by atoms with E-state index in [0.29, 0.717) is 22.1 Å². The van der Waals surface area contributed by atoms with Crippen LogP contribution in [-0.4, -0.2) is 35.4 Å². The SMILES string of the molecule is Cc1cc2oc(=O)c(CC(=O)NC[C@H](O)CO)c(C)c2c2occ(-c3ccccc3)c12. The molecule has 7 nitrogen and oxygen atoms in total. The molecule has 1 amide bonds. The first-order valence-electron chi connectivity index (χ1n) is 9.98. The molecule has 3 N–H and O–H groups in total. The van der Waals surface area contributed by atoms with Gasteiger partial charge in [0.15, 0.2) is 0 Å². The molecule has 0 bridgehead atoms. The second-order valence-electron chi connectivity index (χ2n) is 7.60. The number of fused-ring (bicyclic) bond motifs is 3. The van der Waals surface area contributed by atoms with E-state index in [4.69, 9.17) is 13.9 Å². The van der Waals surface area contributed by atoms with Crippen molar-refractivity contribution in [2.24, 2.45) is 0 Å². The van der Waals surface area contributed by atoms with Gasteiger partial charge in [0, 0.05) is 17.5 Å². The smallest absolute Gasteiger partial charge is 0.340 e. The summed E-state index contributed by atoms with van der Waals surface area (Å²) < 4.78 is 11.5. The van der Waals surface area contributed by atoms with E-state index in [0.717, 1.165) is 22.1 Å². The third kappa shape index (κ3) is 3.85. The lowest BCUT2D eigenvalue weighted by Gasteiger charge is -2.11. The average Bonchev–Trinajstić information content (AvgIpc) is 3.21. The Labute approximate surface area is 177 Å². The Morgan fingerprint density at radius 3 is 2.61 bits per heavy atom. The minimum atomic E-state index is -1.06. The monoisotopic (exact) mass is 421 g/mol. The summed E-state index contributed by atoms with van der Waals surface area (Å²) in [6.07, 6.45) is 0.434. The van der Waals surface area contributed by atoms with E-state index >= 15 is 0 Å². The summed E-state index contributed by atoms with van der Waals surface area (Å²) >= 11 is 0. The van der Waals surface area contributed by atoms with Gasteiger partial charge in [-0.05, 0) is 36.6 Å². The van der Waals surface area contributed by atoms with Crippen LogP contribution in [0.15, 0.2) is 56.3 Å². The predicted molar refractivity (Wildman–Crippen MR) is 117 cm³/mol. The number of rotatable bonds is 6. The van der Waals surface area contributed by atoms with Crippen LogP contribution in [-0.2, 0) is 11.2 Å². The number of furan rings is 1. The fourth-order valence-electron chi connectivity index (χ4n) is 3.84. The first-order chi connectivity index (χ1) is 14.9. The van der Waals surface area contributed by atoms with Crippen LogP contribution in [0.25, 0.3) is 33.1 Å². The van der Waals surface area contributed by atoms with Crippen molar-refractivity contribution in [1.29, 1.82) is 0 Å². The van der Waals surface area contributed by atoms with Gasteiger partial charge >= 0.3 is 5.63 Å². The van der Waals surface area contributed by atoms with E-state index in [9.17, 15) is 14.7 Å². The van der Waals surface area contributed by atoms with E-state index in [1.165, 1.54) is 0 Å². The molecule has 0 fully saturated rings. The first kappa shape index (κ1) is 20.8. The molecule has 0 aliphatic rings. The third-order valence-corrected chi connectivity index (χ3v) is 5.45. The van der Waals surface area contributed by atoms with Crippen LogP contribution in [0.1, 0.15) is 16.7 Å². The summed E-state index contributed by atoms with van der Waals surface area (Å²) in [6, 6.07) is 11.7. The van der Waals surface area contributed by atoms with Gasteiger partial charge < -0.3 is 24.4 Å². The van der Waals surface area contributed by atoms with Crippen LogP contribution in [0.2, 0.25) is 0 Å². The van der Waals surface area contributed by atoms with Crippen molar-refractivity contribution in [3.05, 3.63) is 69.8 Å². The first-order valence-corrected chi connectivity index (χ1v) is 9.98. The Morgan fingerprint density at radius 1 is 1.16 bits per heavy atom. The molecule has 2 aromatic heterocycles. The van der Waals surface area contributed by atoms with Gasteiger partial charge in [0.1, 0.15) is 11.2 Å². The zero-order valence-electron chi connectivity index (χ0n) is 17.3. The summed E-state index contributed by atoms with van der Waals surface area (Å²) in [5, 5.41) is 22.4. The molecule has 2 aromatic carbocycles. The molecule has 0 spiro atoms. The Kier molecular flexibility index (Phi) is 5.63. The van der Waals surface area contributed by atoms with E-state index in [-0.39, 0.29) is 18.5 Å². The highest BCUT2D eigenvalue weighted by molar-refractivity contribution is 6.11. The lowest BCUT2D eigenvalue weighted by molar-refractivity contribution is -0.121. The lowest BCUT2D eigenvalue weighted by atomic mass is 9.96. The van der Waals surface area contributed by atoms with Crippen molar-refractivity contribution in [3.63, 3.8) is 0 Å². The molecule has 31 heavy (non-hydrogen) atoms. The molecule has 0 saturated heterocycles. The highest BCUT2D eigenvalue weighted by atomic mass is 16.4. The zero-order valence-corrected chi connectivity index (χ0v) is 17.3. The number of benzene rings is 2. The number of aliphatic hydroxyl groups excluding tert-OH is 2. The molecular weight excluding hydrogens is 398 g/mol. The minimum Gasteiger partial charge on any atom is -0.463 e. The standard InChI is InChI=1S/C24H23NO6/c1-13-8-19-22(23-21(13)18(12-30-23)15-6-4-3-5-7-15)14(2)17(24(29)31-19)9-20(28)25-10-16(27)11-26/h3-8,12,16,26-27H,9-11H2,1-2H3,(H,25,28)/t16-/m0/s1. The average molecular weight is 421 g/mol. The second-order valence-corrected chi connectivity index (χ2v) is 7.60. The Morgan fingerprint density at radius 2 is 1.90 bits per heavy atom. The maximum absolute atomic E-state index is 12.6. The number of carbonyl (C=O) groups is 1. The van der Waals surface area contributed by atoms with E-state index in [1.54, 1.807) is 13.2 Å². The molecule has 0 aliphatic heterocycles. The number of hydrogen-bond acceptors (Lipinski definition) is 6. The van der Waals surface area contributed by atoms with E-state index in [2.05, 4.69) is 5.32 Å². The van der Waals surface area contributed by atoms with Gasteiger partial charge in [-0.25, -0.2) is 4.79 Å². The molecule has 0 saturated carbocycles. The molecule has 2 heterocycles. The summed E-state index contributed by atoms with van der Waals surface area (Å²) in [5.41, 5.74) is 4.14. The van der Waals surface area contributed by atoms with Crippen LogP contribution in [0.4, 0.5) is 0 Å². The number of aryl methyl sites for hydroxylation is 2. The van der Waals surface area contributed by atoms with E-state index in [1.807, 2.05) is 43.3 Å². The van der Waals surface area contributed by atoms with Crippen LogP contribution in [0.5, 0.6) is 0 Å². The Balaban J connectivity index is 1.83. The van der Waals surface area contributed by atoms with Crippen molar-refractivity contribution in [1.82, 2.24) is 5.32 Å². The molecule has 0 radical (unpaired) electrons. The maximum Gasteiger partial charge on any atom is 0.340 e. The highest BCUT2D eigenvalue weighted by Crippen LogP contribution is 2.38. The van der Waals surface area contributed by atoms with Gasteiger partial charge in [0.2, 0.25) is 5.91 Å². The fourth-order valence-corrected chi connectivity index (χ4v) is 3.84. The number of amides is 1. The number of carbonyl (C=O) groups excluding carboxylic acids is 1. The largest absolute Gasteiger partial charge is 0.463 e. The minimum absolute atomic E-state index is 0.102. The van der Waals surface area contributed by atoms with Crippen LogP contribution in [0.3, 0.4) is 0 Å². The van der Waals surface area contributed by atoms with Gasteiger partial charge in [-0.15, -0.1) is 0 Å². The summed E-state index contributed by atoms with van der Waals surface area (Å²) in [5.74, 6) is -0.449. The quantitative estimate of drug-likeness (QED) is 0.413. The van der Waals surface area contributed by atoms with Crippen molar-refractivity contribution < 1.29 is 23.8 Å². The highest BCUT2D eigenvalue weighted by Gasteiger charge is 2.21. The molecule has 0 unspecified atom stereocenters. The van der Waals surface area contributed by atoms with Crippen LogP contribution in [0, 0.1) is 13.8 Å². The molecular formula is C24H23NO6. The maximum atomic E-state index is 12.6. The van der Waals surface area contributed by atoms with Crippen molar-refractivity contribution in [2.45, 2.75) is 26.4 Å². The van der Waals surface area contributed by atoms with Crippen molar-refractivity contribution in [3.8, 4) is 11.1 Å². The molecule has 7 heteroatoms. The molecule has 160 valence electrons. The number of hydrogen-bond donors (Lipinski definition) is 3. The van der Waals surface area contributed by atoms with Gasteiger partial charge in [0.05, 0.1) is 36.3 Å². The predicted octanol–water partition coefficient (Wildman–Crippen LogP) is 2.83. The summed E-state index contributed by atoms with van der Waals surface area (Å²) in [4.78, 5) is 24.9. The third-order valence-electron chi connectivity index (χ3n) is 5.45. The van der Waals surface area contributed by atoms with Crippen LogP contribution < -0.4 is 10.9 Å². The van der Waals surface area contributed by atoms with E-state index < -0.39 is 24.2 Å². The summed E-state index contributed by atoms with van der Waals surface area (Å²) in [6.45, 7) is 3.14.